The van der Waals surface area contributed by atoms with Gasteiger partial charge in [-0.1, -0.05) is 67.1 Å². The highest BCUT2D eigenvalue weighted by Gasteiger charge is 2.40. The number of rotatable bonds is 8. The van der Waals surface area contributed by atoms with E-state index in [4.69, 9.17) is 31.4 Å². The van der Waals surface area contributed by atoms with Crippen molar-refractivity contribution >= 4 is 52.1 Å². The molecule has 19 heteroatoms. The summed E-state index contributed by atoms with van der Waals surface area (Å²) in [5.41, 5.74) is 5.22. The number of aromatic amines is 1. The van der Waals surface area contributed by atoms with Gasteiger partial charge in [0.05, 0.1) is 0 Å². The minimum Gasteiger partial charge on any atom is -0.475 e. The third-order valence-corrected chi connectivity index (χ3v) is 9.96. The number of urea groups is 1. The number of halogens is 7. The number of amides is 3. The fraction of sp³-hybridized carbons (Fsp3) is 0.400. The zero-order valence-electron chi connectivity index (χ0n) is 32.4. The van der Waals surface area contributed by atoms with Crippen molar-refractivity contribution in [1.29, 1.82) is 0 Å². The van der Waals surface area contributed by atoms with Gasteiger partial charge in [0.15, 0.2) is 0 Å². The fourth-order valence-electron chi connectivity index (χ4n) is 6.95. The molecule has 3 aromatic carbocycles. The molecule has 4 aromatic rings. The lowest BCUT2D eigenvalue weighted by atomic mass is 9.88. The average Bonchev–Trinajstić information content (AvgIpc) is 3.60. The molecule has 0 spiro atoms. The number of piperazine rings is 1. The standard InChI is InChI=1S/C36H43ClN6O2.2C2HF3O2/c1-25(31-21-38-32-12-8-7-11-30(31)32)34(39-36(45)42-17-15-41(16-18-42)23-26-9-5-4-6-10-26)35(44)43-24-27(22-40(2)3)19-28-20-29(37)13-14-33(28)43;2*3-2(4,5)1(6)7/h4-14,20-21,25,27,34,38H,15-19,22-24H2,1-3H3,(H,39,45);2*(H,6,7)/t25?,27-,34?;;/m1../s1. The molecule has 3 amide bonds. The molecule has 0 saturated carbocycles. The zero-order chi connectivity index (χ0) is 43.7. The van der Waals surface area contributed by atoms with Crippen molar-refractivity contribution in [3.05, 3.63) is 101 Å². The Labute approximate surface area is 341 Å². The Morgan fingerprint density at radius 3 is 2.03 bits per heavy atom. The number of fused-ring (bicyclic) bond motifs is 2. The molecule has 2 unspecified atom stereocenters. The third kappa shape index (κ3) is 13.1. The van der Waals surface area contributed by atoms with Crippen molar-refractivity contribution in [2.75, 3.05) is 58.3 Å². The van der Waals surface area contributed by atoms with Gasteiger partial charge in [0.25, 0.3) is 0 Å². The Bertz CT molecular complexity index is 2030. The number of H-pyrrole nitrogens is 1. The smallest absolute Gasteiger partial charge is 0.475 e. The van der Waals surface area contributed by atoms with Crippen LogP contribution in [0.25, 0.3) is 10.9 Å². The third-order valence-electron chi connectivity index (χ3n) is 9.72. The minimum absolute atomic E-state index is 0.101. The van der Waals surface area contributed by atoms with E-state index in [0.29, 0.717) is 24.7 Å². The molecule has 320 valence electrons. The average molecular weight is 855 g/mol. The lowest BCUT2D eigenvalue weighted by molar-refractivity contribution is -0.193. The first kappa shape index (κ1) is 46.4. The van der Waals surface area contributed by atoms with E-state index in [1.54, 1.807) is 0 Å². The molecule has 3 heterocycles. The number of nitrogens with zero attached hydrogens (tertiary/aromatic N) is 4. The van der Waals surface area contributed by atoms with Crippen LogP contribution in [0.2, 0.25) is 5.02 Å². The van der Waals surface area contributed by atoms with E-state index in [2.05, 4.69) is 64.5 Å². The summed E-state index contributed by atoms with van der Waals surface area (Å²) in [5.74, 6) is -5.65. The summed E-state index contributed by atoms with van der Waals surface area (Å²) in [5, 5.41) is 19.2. The second-order valence-electron chi connectivity index (χ2n) is 14.4. The molecule has 1 fully saturated rings. The number of aliphatic carboxylic acids is 2. The molecule has 0 radical (unpaired) electrons. The number of carbonyl (C=O) groups is 4. The van der Waals surface area contributed by atoms with Crippen LogP contribution in [0.4, 0.5) is 36.8 Å². The Balaban J connectivity index is 0.000000471. The zero-order valence-corrected chi connectivity index (χ0v) is 33.1. The van der Waals surface area contributed by atoms with Gasteiger partial charge in [-0.2, -0.15) is 26.3 Å². The number of carboxylic acid groups (broad SMARTS) is 2. The van der Waals surface area contributed by atoms with Crippen LogP contribution in [0.5, 0.6) is 0 Å². The topological polar surface area (TPSA) is 150 Å². The van der Waals surface area contributed by atoms with Gasteiger partial charge < -0.3 is 35.2 Å². The Morgan fingerprint density at radius 2 is 1.46 bits per heavy atom. The molecule has 6 rings (SSSR count). The molecule has 2 aliphatic heterocycles. The highest BCUT2D eigenvalue weighted by Crippen LogP contribution is 2.35. The van der Waals surface area contributed by atoms with E-state index < -0.39 is 30.3 Å². The molecular formula is C40H45ClF6N6O6. The van der Waals surface area contributed by atoms with E-state index in [1.165, 1.54) is 5.56 Å². The molecule has 2 aliphatic rings. The maximum absolute atomic E-state index is 14.8. The molecule has 12 nitrogen and oxygen atoms in total. The summed E-state index contributed by atoms with van der Waals surface area (Å²) in [6.07, 6.45) is -7.34. The number of hydrogen-bond acceptors (Lipinski definition) is 6. The van der Waals surface area contributed by atoms with Crippen LogP contribution in [0, 0.1) is 5.92 Å². The quantitative estimate of drug-likeness (QED) is 0.141. The molecule has 4 N–H and O–H groups in total. The molecule has 0 bridgehead atoms. The summed E-state index contributed by atoms with van der Waals surface area (Å²) in [6, 6.07) is 23.3. The molecule has 1 saturated heterocycles. The van der Waals surface area contributed by atoms with Gasteiger partial charge in [0.2, 0.25) is 5.91 Å². The van der Waals surface area contributed by atoms with Gasteiger partial charge in [0, 0.05) is 79.5 Å². The molecular weight excluding hydrogens is 810 g/mol. The van der Waals surface area contributed by atoms with Crippen molar-refractivity contribution < 1.29 is 55.7 Å². The number of hydrogen-bond donors (Lipinski definition) is 4. The molecule has 0 aliphatic carbocycles. The predicted octanol–water partition coefficient (Wildman–Crippen LogP) is 6.85. The summed E-state index contributed by atoms with van der Waals surface area (Å²) >= 11 is 6.42. The van der Waals surface area contributed by atoms with Crippen LogP contribution >= 0.6 is 11.6 Å². The minimum atomic E-state index is -5.08. The monoisotopic (exact) mass is 854 g/mol. The Kier molecular flexibility index (Phi) is 15.8. The number of anilines is 1. The summed E-state index contributed by atoms with van der Waals surface area (Å²) in [4.78, 5) is 58.1. The largest absolute Gasteiger partial charge is 0.490 e. The van der Waals surface area contributed by atoms with Crippen molar-refractivity contribution in [2.24, 2.45) is 5.92 Å². The van der Waals surface area contributed by atoms with Crippen molar-refractivity contribution in [1.82, 2.24) is 25.0 Å². The fourth-order valence-corrected chi connectivity index (χ4v) is 7.15. The van der Waals surface area contributed by atoms with Crippen molar-refractivity contribution in [3.8, 4) is 0 Å². The van der Waals surface area contributed by atoms with E-state index in [-0.39, 0.29) is 23.8 Å². The Hall–Kier alpha value is -5.33. The van der Waals surface area contributed by atoms with E-state index in [1.807, 2.05) is 65.4 Å². The van der Waals surface area contributed by atoms with Crippen LogP contribution < -0.4 is 10.2 Å². The van der Waals surface area contributed by atoms with Crippen LogP contribution in [-0.4, -0.2) is 126 Å². The molecule has 3 atom stereocenters. The van der Waals surface area contributed by atoms with Crippen LogP contribution in [-0.2, 0) is 27.3 Å². The van der Waals surface area contributed by atoms with Crippen molar-refractivity contribution in [2.45, 2.75) is 44.2 Å². The van der Waals surface area contributed by atoms with Gasteiger partial charge in [-0.15, -0.1) is 0 Å². The van der Waals surface area contributed by atoms with Gasteiger partial charge in [0.1, 0.15) is 6.04 Å². The van der Waals surface area contributed by atoms with Gasteiger partial charge >= 0.3 is 30.3 Å². The van der Waals surface area contributed by atoms with Gasteiger partial charge in [-0.3, -0.25) is 9.69 Å². The lowest BCUT2D eigenvalue weighted by Crippen LogP contribution is -2.58. The molecule has 59 heavy (non-hydrogen) atoms. The first-order valence-corrected chi connectivity index (χ1v) is 18.8. The number of aromatic nitrogens is 1. The second-order valence-corrected chi connectivity index (χ2v) is 14.9. The number of para-hydroxylation sites is 1. The van der Waals surface area contributed by atoms with Crippen molar-refractivity contribution in [3.63, 3.8) is 0 Å². The van der Waals surface area contributed by atoms with Crippen LogP contribution in [0.15, 0.2) is 79.0 Å². The lowest BCUT2D eigenvalue weighted by Gasteiger charge is -2.40. The first-order chi connectivity index (χ1) is 27.6. The normalized spacial score (nSPS) is 16.8. The van der Waals surface area contributed by atoms with E-state index >= 15 is 0 Å². The van der Waals surface area contributed by atoms with Gasteiger partial charge in [-0.05, 0) is 67.4 Å². The maximum Gasteiger partial charge on any atom is 0.490 e. The van der Waals surface area contributed by atoms with Crippen LogP contribution in [0.3, 0.4) is 0 Å². The SMILES string of the molecule is CC(c1c[nH]c2ccccc12)C(NC(=O)N1CCN(Cc2ccccc2)CC1)C(=O)N1C[C@@H](CN(C)C)Cc2cc(Cl)ccc21.O=C(O)C(F)(F)F.O=C(O)C(F)(F)F. The summed E-state index contributed by atoms with van der Waals surface area (Å²) in [6.45, 7) is 7.11. The number of carbonyl (C=O) groups excluding carboxylic acids is 2. The van der Waals surface area contributed by atoms with Crippen LogP contribution in [0.1, 0.15) is 29.5 Å². The predicted molar refractivity (Wildman–Crippen MR) is 209 cm³/mol. The van der Waals surface area contributed by atoms with E-state index in [9.17, 15) is 35.9 Å². The Morgan fingerprint density at radius 1 is 0.881 bits per heavy atom. The second kappa shape index (κ2) is 20.1. The first-order valence-electron chi connectivity index (χ1n) is 18.4. The maximum atomic E-state index is 14.8. The molecule has 1 aromatic heterocycles. The number of alkyl halides is 6. The highest BCUT2D eigenvalue weighted by atomic mass is 35.5. The number of carboxylic acids is 2. The highest BCUT2D eigenvalue weighted by molar-refractivity contribution is 6.30. The summed E-state index contributed by atoms with van der Waals surface area (Å²) in [7, 11) is 4.11. The van der Waals surface area contributed by atoms with E-state index in [0.717, 1.165) is 60.3 Å². The number of nitrogens with one attached hydrogen (secondary N) is 2. The number of benzene rings is 3. The van der Waals surface area contributed by atoms with Gasteiger partial charge in [-0.25, -0.2) is 14.4 Å². The summed E-state index contributed by atoms with van der Waals surface area (Å²) < 4.78 is 63.5.